The predicted octanol–water partition coefficient (Wildman–Crippen LogP) is -0.447. The van der Waals surface area contributed by atoms with Gasteiger partial charge in [0.25, 0.3) is 0 Å². The van der Waals surface area contributed by atoms with Crippen LogP contribution in [0.4, 0.5) is 0 Å². The van der Waals surface area contributed by atoms with Crippen LogP contribution in [0.1, 0.15) is 32.6 Å². The van der Waals surface area contributed by atoms with E-state index in [9.17, 15) is 14.4 Å². The van der Waals surface area contributed by atoms with Crippen LogP contribution in [0.2, 0.25) is 0 Å². The SMILES string of the molecule is CC1CCC(NC(=O)CN(CC(N)=O)CC(=O)O)CC1. The van der Waals surface area contributed by atoms with Crippen molar-refractivity contribution in [3.63, 3.8) is 0 Å². The molecule has 0 saturated heterocycles. The minimum Gasteiger partial charge on any atom is -0.480 e. The van der Waals surface area contributed by atoms with Gasteiger partial charge >= 0.3 is 5.97 Å². The lowest BCUT2D eigenvalue weighted by Gasteiger charge is -2.28. The van der Waals surface area contributed by atoms with Gasteiger partial charge in [-0.15, -0.1) is 0 Å². The minimum atomic E-state index is -1.09. The highest BCUT2D eigenvalue weighted by molar-refractivity contribution is 5.81. The molecular weight excluding hydrogens is 262 g/mol. The highest BCUT2D eigenvalue weighted by Gasteiger charge is 2.21. The Hall–Kier alpha value is -1.63. The van der Waals surface area contributed by atoms with Crippen molar-refractivity contribution in [2.24, 2.45) is 11.7 Å². The number of carboxylic acid groups (broad SMARTS) is 1. The molecule has 0 aromatic carbocycles. The van der Waals surface area contributed by atoms with Gasteiger partial charge in [0.2, 0.25) is 11.8 Å². The highest BCUT2D eigenvalue weighted by Crippen LogP contribution is 2.23. The van der Waals surface area contributed by atoms with Crippen molar-refractivity contribution in [2.75, 3.05) is 19.6 Å². The zero-order valence-electron chi connectivity index (χ0n) is 11.8. The van der Waals surface area contributed by atoms with Gasteiger partial charge in [-0.05, 0) is 31.6 Å². The van der Waals surface area contributed by atoms with E-state index >= 15 is 0 Å². The normalized spacial score (nSPS) is 22.5. The van der Waals surface area contributed by atoms with Gasteiger partial charge in [-0.25, -0.2) is 0 Å². The summed E-state index contributed by atoms with van der Waals surface area (Å²) in [6, 6.07) is 0.152. The maximum absolute atomic E-state index is 11.9. The number of hydrogen-bond acceptors (Lipinski definition) is 4. The first-order valence-corrected chi connectivity index (χ1v) is 6.88. The maximum Gasteiger partial charge on any atom is 0.317 e. The van der Waals surface area contributed by atoms with Gasteiger partial charge in [-0.2, -0.15) is 0 Å². The Kier molecular flexibility index (Phi) is 6.44. The highest BCUT2D eigenvalue weighted by atomic mass is 16.4. The number of nitrogens with two attached hydrogens (primary N) is 1. The Morgan fingerprint density at radius 3 is 2.25 bits per heavy atom. The van der Waals surface area contributed by atoms with Crippen molar-refractivity contribution in [1.29, 1.82) is 0 Å². The summed E-state index contributed by atoms with van der Waals surface area (Å²) in [7, 11) is 0. The number of primary amides is 1. The first-order chi connectivity index (χ1) is 9.36. The lowest BCUT2D eigenvalue weighted by atomic mass is 9.87. The molecule has 1 aliphatic rings. The number of rotatable bonds is 7. The number of carbonyl (C=O) groups excluding carboxylic acids is 2. The fourth-order valence-electron chi connectivity index (χ4n) is 2.46. The van der Waals surface area contributed by atoms with Crippen molar-refractivity contribution in [3.05, 3.63) is 0 Å². The molecule has 0 radical (unpaired) electrons. The Bertz CT molecular complexity index is 349. The number of hydrogen-bond donors (Lipinski definition) is 3. The Morgan fingerprint density at radius 2 is 1.75 bits per heavy atom. The summed E-state index contributed by atoms with van der Waals surface area (Å²) in [5, 5.41) is 11.6. The third-order valence-electron chi connectivity index (χ3n) is 3.49. The van der Waals surface area contributed by atoms with E-state index < -0.39 is 11.9 Å². The third kappa shape index (κ3) is 6.51. The number of aliphatic carboxylic acids is 1. The number of amides is 2. The van der Waals surface area contributed by atoms with E-state index in [0.29, 0.717) is 5.92 Å². The van der Waals surface area contributed by atoms with Crippen molar-refractivity contribution >= 4 is 17.8 Å². The van der Waals surface area contributed by atoms with E-state index in [1.807, 2.05) is 0 Å². The molecule has 0 aromatic rings. The second-order valence-electron chi connectivity index (χ2n) is 5.53. The molecule has 0 aliphatic heterocycles. The van der Waals surface area contributed by atoms with Crippen LogP contribution in [0.3, 0.4) is 0 Å². The van der Waals surface area contributed by atoms with Crippen molar-refractivity contribution in [3.8, 4) is 0 Å². The summed E-state index contributed by atoms with van der Waals surface area (Å²) in [4.78, 5) is 34.6. The predicted molar refractivity (Wildman–Crippen MR) is 72.8 cm³/mol. The monoisotopic (exact) mass is 285 g/mol. The van der Waals surface area contributed by atoms with Crippen molar-refractivity contribution in [1.82, 2.24) is 10.2 Å². The molecule has 1 saturated carbocycles. The number of carboxylic acids is 1. The van der Waals surface area contributed by atoms with E-state index in [4.69, 9.17) is 10.8 Å². The van der Waals surface area contributed by atoms with E-state index in [1.165, 1.54) is 4.90 Å². The molecule has 0 unspecified atom stereocenters. The number of nitrogens with zero attached hydrogens (tertiary/aromatic N) is 1. The van der Waals surface area contributed by atoms with Gasteiger partial charge in [0, 0.05) is 6.04 Å². The molecule has 4 N–H and O–H groups in total. The summed E-state index contributed by atoms with van der Waals surface area (Å²) in [6.45, 7) is 1.46. The van der Waals surface area contributed by atoms with Crippen molar-refractivity contribution < 1.29 is 19.5 Å². The summed E-state index contributed by atoms with van der Waals surface area (Å²) < 4.78 is 0. The van der Waals surface area contributed by atoms with Crippen LogP contribution >= 0.6 is 0 Å². The standard InChI is InChI=1S/C13H23N3O4/c1-9-2-4-10(5-3-9)15-12(18)7-16(6-11(14)17)8-13(19)20/h9-10H,2-8H2,1H3,(H2,14,17)(H,15,18)(H,19,20). The van der Waals surface area contributed by atoms with Crippen LogP contribution in [0.5, 0.6) is 0 Å². The zero-order valence-corrected chi connectivity index (χ0v) is 11.8. The molecule has 0 aromatic heterocycles. The van der Waals surface area contributed by atoms with Gasteiger partial charge < -0.3 is 16.2 Å². The number of carbonyl (C=O) groups is 3. The largest absolute Gasteiger partial charge is 0.480 e. The van der Waals surface area contributed by atoms with Gasteiger partial charge in [0.15, 0.2) is 0 Å². The molecular formula is C13H23N3O4. The van der Waals surface area contributed by atoms with E-state index in [0.717, 1.165) is 25.7 Å². The van der Waals surface area contributed by atoms with Gasteiger partial charge in [0.05, 0.1) is 19.6 Å². The van der Waals surface area contributed by atoms with Crippen LogP contribution < -0.4 is 11.1 Å². The molecule has 114 valence electrons. The summed E-state index contributed by atoms with van der Waals surface area (Å²) in [6.07, 6.45) is 4.07. The lowest BCUT2D eigenvalue weighted by molar-refractivity contribution is -0.139. The smallest absolute Gasteiger partial charge is 0.317 e. The average molecular weight is 285 g/mol. The van der Waals surface area contributed by atoms with Crippen molar-refractivity contribution in [2.45, 2.75) is 38.6 Å². The van der Waals surface area contributed by atoms with Crippen LogP contribution in [0.15, 0.2) is 0 Å². The Morgan fingerprint density at radius 1 is 1.15 bits per heavy atom. The topological polar surface area (TPSA) is 113 Å². The second kappa shape index (κ2) is 7.84. The van der Waals surface area contributed by atoms with E-state index in [1.54, 1.807) is 0 Å². The van der Waals surface area contributed by atoms with Crippen LogP contribution in [-0.4, -0.2) is 53.5 Å². The summed E-state index contributed by atoms with van der Waals surface area (Å²) in [5.74, 6) is -1.30. The fourth-order valence-corrected chi connectivity index (χ4v) is 2.46. The minimum absolute atomic E-state index is 0.124. The third-order valence-corrected chi connectivity index (χ3v) is 3.49. The average Bonchev–Trinajstić information content (AvgIpc) is 2.30. The molecule has 7 heteroatoms. The second-order valence-corrected chi connectivity index (χ2v) is 5.53. The molecule has 0 atom stereocenters. The summed E-state index contributed by atoms with van der Waals surface area (Å²) in [5.41, 5.74) is 5.04. The number of nitrogens with one attached hydrogen (secondary N) is 1. The zero-order chi connectivity index (χ0) is 15.1. The van der Waals surface area contributed by atoms with Gasteiger partial charge in [-0.3, -0.25) is 19.3 Å². The molecule has 7 nitrogen and oxygen atoms in total. The van der Waals surface area contributed by atoms with Crippen LogP contribution in [0, 0.1) is 5.92 Å². The Balaban J connectivity index is 2.40. The fraction of sp³-hybridized carbons (Fsp3) is 0.769. The molecule has 0 spiro atoms. The molecule has 1 rings (SSSR count). The Labute approximate surface area is 118 Å². The first-order valence-electron chi connectivity index (χ1n) is 6.88. The van der Waals surface area contributed by atoms with E-state index in [2.05, 4.69) is 12.2 Å². The summed E-state index contributed by atoms with van der Waals surface area (Å²) >= 11 is 0. The quantitative estimate of drug-likeness (QED) is 0.586. The maximum atomic E-state index is 11.9. The molecule has 2 amide bonds. The van der Waals surface area contributed by atoms with Crippen LogP contribution in [0.25, 0.3) is 0 Å². The molecule has 1 aliphatic carbocycles. The lowest BCUT2D eigenvalue weighted by Crippen LogP contribution is -2.46. The molecule has 20 heavy (non-hydrogen) atoms. The molecule has 1 fully saturated rings. The molecule has 0 bridgehead atoms. The van der Waals surface area contributed by atoms with Gasteiger partial charge in [-0.1, -0.05) is 6.92 Å². The van der Waals surface area contributed by atoms with Gasteiger partial charge in [0.1, 0.15) is 0 Å². The first kappa shape index (κ1) is 16.4. The molecule has 0 heterocycles. The van der Waals surface area contributed by atoms with Crippen LogP contribution in [-0.2, 0) is 14.4 Å². The van der Waals surface area contributed by atoms with E-state index in [-0.39, 0.29) is 31.6 Å².